The minimum Gasteiger partial charge on any atom is -0.462 e. The Morgan fingerprint density at radius 2 is 2.12 bits per heavy atom. The van der Waals surface area contributed by atoms with Crippen molar-refractivity contribution in [3.05, 3.63) is 64.0 Å². The number of pyridine rings is 1. The van der Waals surface area contributed by atoms with Crippen LogP contribution in [0.25, 0.3) is 17.0 Å². The predicted molar refractivity (Wildman–Crippen MR) is 104 cm³/mol. The minimum atomic E-state index is -0.398. The number of amides is 1. The summed E-state index contributed by atoms with van der Waals surface area (Å²) in [5, 5.41) is 5.52. The summed E-state index contributed by atoms with van der Waals surface area (Å²) in [6.45, 7) is 3.92. The van der Waals surface area contributed by atoms with Gasteiger partial charge in [-0.1, -0.05) is 6.07 Å². The molecule has 26 heavy (non-hydrogen) atoms. The monoisotopic (exact) mass is 366 g/mol. The first-order chi connectivity index (χ1) is 12.6. The fourth-order valence-corrected chi connectivity index (χ4v) is 3.14. The highest BCUT2D eigenvalue weighted by molar-refractivity contribution is 7.10. The average molecular weight is 366 g/mol. The number of nitrogens with zero attached hydrogens (tertiary/aromatic N) is 1. The van der Waals surface area contributed by atoms with Crippen LogP contribution in [-0.4, -0.2) is 23.5 Å². The number of rotatable bonds is 5. The maximum atomic E-state index is 12.3. The van der Waals surface area contributed by atoms with Crippen LogP contribution in [-0.2, 0) is 9.53 Å². The topological polar surface area (TPSA) is 68.3 Å². The number of carbonyl (C=O) groups excluding carboxylic acids is 2. The maximum Gasteiger partial charge on any atom is 0.338 e. The highest BCUT2D eigenvalue weighted by Crippen LogP contribution is 2.25. The maximum absolute atomic E-state index is 12.3. The molecule has 2 heterocycles. The Kier molecular flexibility index (Phi) is 5.43. The predicted octanol–water partition coefficient (Wildman–Crippen LogP) is 4.43. The zero-order valence-corrected chi connectivity index (χ0v) is 15.3. The van der Waals surface area contributed by atoms with Gasteiger partial charge in [0.2, 0.25) is 5.91 Å². The largest absolute Gasteiger partial charge is 0.462 e. The van der Waals surface area contributed by atoms with Crippen molar-refractivity contribution in [3.63, 3.8) is 0 Å². The molecule has 0 radical (unpaired) electrons. The molecule has 0 saturated carbocycles. The molecular weight excluding hydrogens is 348 g/mol. The molecule has 0 aliphatic carbocycles. The molecule has 1 aromatic carbocycles. The molecule has 0 bridgehead atoms. The van der Waals surface area contributed by atoms with E-state index in [4.69, 9.17) is 4.74 Å². The Balaban J connectivity index is 1.91. The van der Waals surface area contributed by atoms with Gasteiger partial charge in [-0.25, -0.2) is 4.79 Å². The van der Waals surface area contributed by atoms with Gasteiger partial charge in [0, 0.05) is 22.0 Å². The molecule has 2 aromatic heterocycles. The van der Waals surface area contributed by atoms with Crippen LogP contribution in [0.4, 0.5) is 5.69 Å². The molecule has 3 aromatic rings. The Morgan fingerprint density at radius 1 is 1.27 bits per heavy atom. The third-order valence-corrected chi connectivity index (χ3v) is 4.49. The number of carbonyl (C=O) groups is 2. The molecular formula is C20H18N2O3S. The number of anilines is 1. The number of ether oxygens (including phenoxy) is 1. The van der Waals surface area contributed by atoms with Crippen molar-refractivity contribution in [2.45, 2.75) is 13.8 Å². The number of hydrogen-bond acceptors (Lipinski definition) is 5. The molecule has 1 amide bonds. The van der Waals surface area contributed by atoms with Crippen molar-refractivity contribution in [1.29, 1.82) is 0 Å². The Morgan fingerprint density at radius 3 is 2.85 bits per heavy atom. The summed E-state index contributed by atoms with van der Waals surface area (Å²) in [4.78, 5) is 29.7. The van der Waals surface area contributed by atoms with E-state index in [2.05, 4.69) is 10.3 Å². The number of nitrogens with one attached hydrogen (secondary N) is 1. The van der Waals surface area contributed by atoms with Crippen molar-refractivity contribution >= 4 is 45.9 Å². The fraction of sp³-hybridized carbons (Fsp3) is 0.150. The van der Waals surface area contributed by atoms with E-state index < -0.39 is 5.97 Å². The van der Waals surface area contributed by atoms with Gasteiger partial charge in [0.1, 0.15) is 0 Å². The van der Waals surface area contributed by atoms with Crippen molar-refractivity contribution in [2.24, 2.45) is 0 Å². The van der Waals surface area contributed by atoms with E-state index in [0.29, 0.717) is 28.8 Å². The Bertz CT molecular complexity index is 978. The number of benzene rings is 1. The zero-order chi connectivity index (χ0) is 18.5. The highest BCUT2D eigenvalue weighted by Gasteiger charge is 2.11. The van der Waals surface area contributed by atoms with Crippen LogP contribution in [0.5, 0.6) is 0 Å². The van der Waals surface area contributed by atoms with Crippen LogP contribution < -0.4 is 5.32 Å². The lowest BCUT2D eigenvalue weighted by Crippen LogP contribution is -2.09. The highest BCUT2D eigenvalue weighted by atomic mass is 32.1. The van der Waals surface area contributed by atoms with Crippen molar-refractivity contribution in [3.8, 4) is 0 Å². The quantitative estimate of drug-likeness (QED) is 0.536. The summed E-state index contributed by atoms with van der Waals surface area (Å²) < 4.78 is 5.04. The Hall–Kier alpha value is -2.99. The lowest BCUT2D eigenvalue weighted by molar-refractivity contribution is -0.111. The van der Waals surface area contributed by atoms with Gasteiger partial charge in [0.15, 0.2) is 0 Å². The number of hydrogen-bond donors (Lipinski definition) is 1. The minimum absolute atomic E-state index is 0.244. The Labute approximate surface area is 155 Å². The summed E-state index contributed by atoms with van der Waals surface area (Å²) in [6.07, 6.45) is 3.25. The molecule has 3 rings (SSSR count). The van der Waals surface area contributed by atoms with Crippen molar-refractivity contribution < 1.29 is 14.3 Å². The summed E-state index contributed by atoms with van der Waals surface area (Å²) >= 11 is 1.56. The number of thiophene rings is 1. The van der Waals surface area contributed by atoms with Crippen LogP contribution in [0, 0.1) is 6.92 Å². The number of aromatic nitrogens is 1. The van der Waals surface area contributed by atoms with Crippen LogP contribution >= 0.6 is 11.3 Å². The van der Waals surface area contributed by atoms with E-state index in [1.165, 1.54) is 6.08 Å². The smallest absolute Gasteiger partial charge is 0.338 e. The van der Waals surface area contributed by atoms with Gasteiger partial charge < -0.3 is 10.1 Å². The molecule has 0 aliphatic heterocycles. The second kappa shape index (κ2) is 7.93. The van der Waals surface area contributed by atoms with Crippen LogP contribution in [0.2, 0.25) is 0 Å². The van der Waals surface area contributed by atoms with Crippen LogP contribution in [0.15, 0.2) is 47.9 Å². The van der Waals surface area contributed by atoms with Gasteiger partial charge in [-0.15, -0.1) is 11.3 Å². The number of fused-ring (bicyclic) bond motifs is 1. The molecule has 0 unspecified atom stereocenters. The van der Waals surface area contributed by atoms with Crippen molar-refractivity contribution in [2.75, 3.05) is 11.9 Å². The molecule has 6 heteroatoms. The summed E-state index contributed by atoms with van der Waals surface area (Å²) in [6, 6.07) is 10.8. The fourth-order valence-electron chi connectivity index (χ4n) is 2.52. The van der Waals surface area contributed by atoms with E-state index >= 15 is 0 Å². The van der Waals surface area contributed by atoms with Gasteiger partial charge in [-0.3, -0.25) is 9.78 Å². The first-order valence-corrected chi connectivity index (χ1v) is 9.06. The third kappa shape index (κ3) is 4.15. The second-order valence-corrected chi connectivity index (χ2v) is 6.58. The summed E-state index contributed by atoms with van der Waals surface area (Å²) in [5.74, 6) is -0.642. The third-order valence-electron chi connectivity index (χ3n) is 3.65. The zero-order valence-electron chi connectivity index (χ0n) is 14.5. The molecule has 0 fully saturated rings. The standard InChI is InChI=1S/C20H18N2O3S/c1-3-25-20(24)14-6-8-17-16(12-14)18(11-13(2)21-17)22-19(23)9-7-15-5-4-10-26-15/h4-12H,3H2,1-2H3,(H,21,22,23)/b9-7+. The SMILES string of the molecule is CCOC(=O)c1ccc2nc(C)cc(NC(=O)/C=C/c3cccs3)c2c1. The van der Waals surface area contributed by atoms with Crippen LogP contribution in [0.1, 0.15) is 27.9 Å². The lowest BCUT2D eigenvalue weighted by atomic mass is 10.1. The van der Waals surface area contributed by atoms with Gasteiger partial charge in [0.25, 0.3) is 0 Å². The molecule has 0 aliphatic rings. The molecule has 5 nitrogen and oxygen atoms in total. The first-order valence-electron chi connectivity index (χ1n) is 8.18. The second-order valence-electron chi connectivity index (χ2n) is 5.60. The molecule has 1 N–H and O–H groups in total. The number of esters is 1. The lowest BCUT2D eigenvalue weighted by Gasteiger charge is -2.10. The van der Waals surface area contributed by atoms with Gasteiger partial charge in [0.05, 0.1) is 23.4 Å². The van der Waals surface area contributed by atoms with Gasteiger partial charge in [-0.2, -0.15) is 0 Å². The summed E-state index contributed by atoms with van der Waals surface area (Å²) in [5.41, 5.74) is 2.52. The normalized spacial score (nSPS) is 11.0. The summed E-state index contributed by atoms with van der Waals surface area (Å²) in [7, 11) is 0. The molecule has 0 spiro atoms. The van der Waals surface area contributed by atoms with E-state index in [-0.39, 0.29) is 5.91 Å². The average Bonchev–Trinajstić information content (AvgIpc) is 3.13. The first kappa shape index (κ1) is 17.8. The van der Waals surface area contributed by atoms with E-state index in [0.717, 1.165) is 10.6 Å². The molecule has 0 saturated heterocycles. The van der Waals surface area contributed by atoms with Gasteiger partial charge >= 0.3 is 5.97 Å². The van der Waals surface area contributed by atoms with Gasteiger partial charge in [-0.05, 0) is 55.6 Å². The molecule has 0 atom stereocenters. The van der Waals surface area contributed by atoms with Crippen LogP contribution in [0.3, 0.4) is 0 Å². The van der Waals surface area contributed by atoms with Crippen molar-refractivity contribution in [1.82, 2.24) is 4.98 Å². The van der Waals surface area contributed by atoms with E-state index in [1.54, 1.807) is 48.6 Å². The van der Waals surface area contributed by atoms with E-state index in [1.807, 2.05) is 24.4 Å². The van der Waals surface area contributed by atoms with E-state index in [9.17, 15) is 9.59 Å². The molecule has 132 valence electrons. The number of aryl methyl sites for hydroxylation is 1.